The van der Waals surface area contributed by atoms with E-state index in [1.807, 2.05) is 17.0 Å². The average Bonchev–Trinajstić information content (AvgIpc) is 3.24. The molecule has 0 radical (unpaired) electrons. The minimum Gasteiger partial charge on any atom is -0.301 e. The summed E-state index contributed by atoms with van der Waals surface area (Å²) in [6.45, 7) is 3.98. The summed E-state index contributed by atoms with van der Waals surface area (Å²) in [7, 11) is 0. The molecule has 0 spiro atoms. The largest absolute Gasteiger partial charge is 0.301 e. The summed E-state index contributed by atoms with van der Waals surface area (Å²) < 4.78 is 1.82. The normalized spacial score (nSPS) is 14.9. The number of tetrazole rings is 1. The van der Waals surface area contributed by atoms with Crippen molar-refractivity contribution in [2.24, 2.45) is 0 Å². The highest BCUT2D eigenvalue weighted by atomic mass is 32.2. The molecule has 140 valence electrons. The summed E-state index contributed by atoms with van der Waals surface area (Å²) >= 11 is 2.80. The lowest BCUT2D eigenvalue weighted by atomic mass is 10.1. The van der Waals surface area contributed by atoms with E-state index in [0.717, 1.165) is 30.5 Å². The van der Waals surface area contributed by atoms with Crippen molar-refractivity contribution >= 4 is 34.1 Å². The van der Waals surface area contributed by atoms with Gasteiger partial charge in [-0.25, -0.2) is 9.67 Å². The number of carbonyl (C=O) groups excluding carboxylic acids is 1. The number of aromatic nitrogens is 5. The Morgan fingerprint density at radius 1 is 1.37 bits per heavy atom. The molecule has 3 aromatic rings. The Morgan fingerprint density at radius 2 is 2.15 bits per heavy atom. The molecule has 2 aromatic heterocycles. The molecule has 9 heteroatoms. The second kappa shape index (κ2) is 7.77. The number of hydrogen-bond donors (Lipinski definition) is 1. The molecule has 7 nitrogen and oxygen atoms in total. The summed E-state index contributed by atoms with van der Waals surface area (Å²) in [6, 6.07) is 8.73. The van der Waals surface area contributed by atoms with Crippen LogP contribution in [0.15, 0.2) is 34.8 Å². The van der Waals surface area contributed by atoms with Gasteiger partial charge in [-0.3, -0.25) is 4.79 Å². The number of hydrogen-bond acceptors (Lipinski definition) is 7. The first kappa shape index (κ1) is 18.1. The van der Waals surface area contributed by atoms with Gasteiger partial charge in [-0.15, -0.1) is 16.4 Å². The maximum atomic E-state index is 12.5. The topological polar surface area (TPSA) is 85.6 Å². The Hall–Kier alpha value is -2.26. The highest BCUT2D eigenvalue weighted by molar-refractivity contribution is 8.00. The van der Waals surface area contributed by atoms with Crippen LogP contribution in [0.3, 0.4) is 0 Å². The van der Waals surface area contributed by atoms with E-state index in [4.69, 9.17) is 0 Å². The van der Waals surface area contributed by atoms with Crippen LogP contribution in [0.2, 0.25) is 0 Å². The molecule has 1 N–H and O–H groups in total. The quantitative estimate of drug-likeness (QED) is 0.607. The van der Waals surface area contributed by atoms with Gasteiger partial charge >= 0.3 is 0 Å². The van der Waals surface area contributed by atoms with Gasteiger partial charge in [0.05, 0.1) is 17.0 Å². The zero-order valence-electron chi connectivity index (χ0n) is 15.1. The molecular weight excluding hydrogens is 380 g/mol. The molecule has 1 saturated carbocycles. The SMILES string of the molecule is CCc1ccc(-c2csc(NC(=O)[C@H](C)Sc3nnnn3C3CC3)n2)cc1. The van der Waals surface area contributed by atoms with E-state index >= 15 is 0 Å². The van der Waals surface area contributed by atoms with Gasteiger partial charge in [-0.2, -0.15) is 0 Å². The Bertz CT molecular complexity index is 931. The number of anilines is 1. The minimum absolute atomic E-state index is 0.104. The fraction of sp³-hybridized carbons (Fsp3) is 0.389. The van der Waals surface area contributed by atoms with Gasteiger partial charge in [-0.05, 0) is 42.2 Å². The van der Waals surface area contributed by atoms with E-state index in [9.17, 15) is 4.79 Å². The maximum Gasteiger partial charge on any atom is 0.239 e. The molecule has 1 atom stereocenters. The lowest BCUT2D eigenvalue weighted by Gasteiger charge is -2.09. The van der Waals surface area contributed by atoms with Gasteiger partial charge in [0, 0.05) is 10.9 Å². The van der Waals surface area contributed by atoms with E-state index in [0.29, 0.717) is 16.3 Å². The third-order valence-electron chi connectivity index (χ3n) is 4.40. The summed E-state index contributed by atoms with van der Waals surface area (Å²) in [5.41, 5.74) is 3.22. The van der Waals surface area contributed by atoms with Gasteiger partial charge in [0.1, 0.15) is 0 Å². The van der Waals surface area contributed by atoms with E-state index in [-0.39, 0.29) is 11.2 Å². The monoisotopic (exact) mass is 400 g/mol. The number of amides is 1. The molecule has 1 fully saturated rings. The van der Waals surface area contributed by atoms with Crippen molar-refractivity contribution in [2.45, 2.75) is 49.6 Å². The Kier molecular flexibility index (Phi) is 5.22. The van der Waals surface area contributed by atoms with E-state index in [1.54, 1.807) is 0 Å². The number of nitrogens with zero attached hydrogens (tertiary/aromatic N) is 5. The van der Waals surface area contributed by atoms with Crippen LogP contribution in [0.5, 0.6) is 0 Å². The predicted octanol–water partition coefficient (Wildman–Crippen LogP) is 3.81. The molecule has 0 aliphatic heterocycles. The van der Waals surface area contributed by atoms with Gasteiger partial charge in [0.15, 0.2) is 5.13 Å². The molecule has 1 aliphatic carbocycles. The Balaban J connectivity index is 1.38. The predicted molar refractivity (Wildman–Crippen MR) is 107 cm³/mol. The van der Waals surface area contributed by atoms with Crippen LogP contribution in [0, 0.1) is 0 Å². The summed E-state index contributed by atoms with van der Waals surface area (Å²) in [5.74, 6) is -0.104. The third kappa shape index (κ3) is 4.19. The zero-order chi connectivity index (χ0) is 18.8. The van der Waals surface area contributed by atoms with Crippen LogP contribution < -0.4 is 5.32 Å². The molecule has 0 saturated heterocycles. The number of aryl methyl sites for hydroxylation is 1. The number of carbonyl (C=O) groups is 1. The van der Waals surface area contributed by atoms with Crippen molar-refractivity contribution in [3.63, 3.8) is 0 Å². The smallest absolute Gasteiger partial charge is 0.239 e. The van der Waals surface area contributed by atoms with Gasteiger partial charge in [0.25, 0.3) is 0 Å². The Morgan fingerprint density at radius 3 is 2.85 bits per heavy atom. The fourth-order valence-corrected chi connectivity index (χ4v) is 4.19. The molecule has 0 bridgehead atoms. The van der Waals surface area contributed by atoms with Crippen molar-refractivity contribution in [1.29, 1.82) is 0 Å². The van der Waals surface area contributed by atoms with E-state index in [1.165, 1.54) is 28.7 Å². The molecule has 1 aromatic carbocycles. The van der Waals surface area contributed by atoms with Gasteiger partial charge in [0.2, 0.25) is 11.1 Å². The zero-order valence-corrected chi connectivity index (χ0v) is 16.8. The average molecular weight is 401 g/mol. The molecule has 2 heterocycles. The second-order valence-corrected chi connectivity index (χ2v) is 8.64. The van der Waals surface area contributed by atoms with Crippen LogP contribution in [0.25, 0.3) is 11.3 Å². The van der Waals surface area contributed by atoms with Gasteiger partial charge in [-0.1, -0.05) is 43.0 Å². The van der Waals surface area contributed by atoms with Crippen molar-refractivity contribution < 1.29 is 4.79 Å². The molecule has 1 amide bonds. The van der Waals surface area contributed by atoms with E-state index in [2.05, 4.69) is 57.0 Å². The van der Waals surface area contributed by atoms with Crippen molar-refractivity contribution in [3.05, 3.63) is 35.2 Å². The van der Waals surface area contributed by atoms with Crippen molar-refractivity contribution in [2.75, 3.05) is 5.32 Å². The van der Waals surface area contributed by atoms with Crippen LogP contribution in [0.4, 0.5) is 5.13 Å². The lowest BCUT2D eigenvalue weighted by molar-refractivity contribution is -0.115. The number of thioether (sulfide) groups is 1. The lowest BCUT2D eigenvalue weighted by Crippen LogP contribution is -2.22. The number of benzene rings is 1. The highest BCUT2D eigenvalue weighted by Crippen LogP contribution is 2.37. The molecular formula is C18H20N6OS2. The molecule has 1 aliphatic rings. The Labute approximate surface area is 165 Å². The number of thiazole rings is 1. The van der Waals surface area contributed by atoms with Crippen LogP contribution in [-0.4, -0.2) is 36.3 Å². The summed E-state index contributed by atoms with van der Waals surface area (Å²) in [5, 5.41) is 17.6. The first-order chi connectivity index (χ1) is 13.1. The highest BCUT2D eigenvalue weighted by Gasteiger charge is 2.29. The van der Waals surface area contributed by atoms with Crippen LogP contribution >= 0.6 is 23.1 Å². The second-order valence-electron chi connectivity index (χ2n) is 6.47. The molecule has 27 heavy (non-hydrogen) atoms. The van der Waals surface area contributed by atoms with Crippen molar-refractivity contribution in [1.82, 2.24) is 25.2 Å². The number of nitrogens with one attached hydrogen (secondary N) is 1. The third-order valence-corrected chi connectivity index (χ3v) is 6.20. The van der Waals surface area contributed by atoms with Crippen LogP contribution in [0.1, 0.15) is 38.3 Å². The maximum absolute atomic E-state index is 12.5. The standard InChI is InChI=1S/C18H20N6OS2/c1-3-12-4-6-13(7-5-12)15-10-26-17(19-15)20-16(25)11(2)27-18-21-22-23-24(18)14-8-9-14/h4-7,10-11,14H,3,8-9H2,1-2H3,(H,19,20,25)/t11-/m0/s1. The van der Waals surface area contributed by atoms with Crippen molar-refractivity contribution in [3.8, 4) is 11.3 Å². The molecule has 0 unspecified atom stereocenters. The summed E-state index contributed by atoms with van der Waals surface area (Å²) in [6.07, 6.45) is 3.21. The number of rotatable bonds is 7. The first-order valence-electron chi connectivity index (χ1n) is 8.94. The minimum atomic E-state index is -0.315. The van der Waals surface area contributed by atoms with Crippen LogP contribution in [-0.2, 0) is 11.2 Å². The first-order valence-corrected chi connectivity index (χ1v) is 10.7. The van der Waals surface area contributed by atoms with E-state index < -0.39 is 0 Å². The summed E-state index contributed by atoms with van der Waals surface area (Å²) in [4.78, 5) is 17.1. The molecule has 4 rings (SSSR count). The van der Waals surface area contributed by atoms with Gasteiger partial charge < -0.3 is 5.32 Å². The fourth-order valence-electron chi connectivity index (χ4n) is 2.60.